The molecule has 2 aliphatic carbocycles. The van der Waals surface area contributed by atoms with E-state index in [1.807, 2.05) is 6.07 Å². The summed E-state index contributed by atoms with van der Waals surface area (Å²) in [5.74, 6) is 0.578. The second-order valence-electron chi connectivity index (χ2n) is 7.30. The van der Waals surface area contributed by atoms with E-state index in [0.717, 1.165) is 11.8 Å². The zero-order valence-corrected chi connectivity index (χ0v) is 14.7. The zero-order chi connectivity index (χ0) is 18.7. The van der Waals surface area contributed by atoms with Crippen molar-refractivity contribution in [2.75, 3.05) is 5.32 Å². The number of nitriles is 1. The van der Waals surface area contributed by atoms with E-state index in [0.29, 0.717) is 11.6 Å². The van der Waals surface area contributed by atoms with E-state index < -0.39 is 11.9 Å². The Hall–Kier alpha value is -2.81. The summed E-state index contributed by atoms with van der Waals surface area (Å²) in [6, 6.07) is 8.07. The van der Waals surface area contributed by atoms with Crippen LogP contribution in [0.15, 0.2) is 36.0 Å². The minimum Gasteiger partial charge on any atom is -0.478 e. The summed E-state index contributed by atoms with van der Waals surface area (Å²) in [7, 11) is 0. The summed E-state index contributed by atoms with van der Waals surface area (Å²) in [6.07, 6.45) is 6.64. The Bertz CT molecular complexity index is 781. The van der Waals surface area contributed by atoms with Crippen LogP contribution in [0, 0.1) is 29.1 Å². The van der Waals surface area contributed by atoms with Crippen molar-refractivity contribution in [2.24, 2.45) is 17.8 Å². The minimum atomic E-state index is -1.07. The Morgan fingerprint density at radius 2 is 2.15 bits per heavy atom. The van der Waals surface area contributed by atoms with Crippen LogP contribution in [0.1, 0.15) is 43.0 Å². The first kappa shape index (κ1) is 18.0. The van der Waals surface area contributed by atoms with Crippen LogP contribution in [0.3, 0.4) is 0 Å². The van der Waals surface area contributed by atoms with Crippen LogP contribution in [0.4, 0.5) is 5.69 Å². The molecule has 0 radical (unpaired) electrons. The molecule has 4 unspecified atom stereocenters. The molecule has 1 aromatic carbocycles. The highest BCUT2D eigenvalue weighted by Crippen LogP contribution is 2.49. The van der Waals surface area contributed by atoms with Crippen molar-refractivity contribution in [3.8, 4) is 6.07 Å². The third-order valence-electron chi connectivity index (χ3n) is 5.66. The zero-order valence-electron chi connectivity index (χ0n) is 14.7. The van der Waals surface area contributed by atoms with E-state index >= 15 is 0 Å². The third kappa shape index (κ3) is 3.88. The van der Waals surface area contributed by atoms with Crippen LogP contribution in [0.5, 0.6) is 0 Å². The molecule has 4 atom stereocenters. The van der Waals surface area contributed by atoms with Gasteiger partial charge in [-0.25, -0.2) is 4.79 Å². The topological polar surface area (TPSA) is 102 Å². The fraction of sp³-hybridized carbons (Fsp3) is 0.450. The van der Waals surface area contributed by atoms with Crippen LogP contribution in [0.2, 0.25) is 0 Å². The Balaban J connectivity index is 1.61. The van der Waals surface area contributed by atoms with Crippen LogP contribution in [-0.2, 0) is 4.79 Å². The summed E-state index contributed by atoms with van der Waals surface area (Å²) in [4.78, 5) is 23.3. The molecular weight excluding hydrogens is 330 g/mol. The van der Waals surface area contributed by atoms with Crippen molar-refractivity contribution in [3.63, 3.8) is 0 Å². The molecule has 3 N–H and O–H groups in total. The lowest BCUT2D eigenvalue weighted by atomic mass is 9.84. The van der Waals surface area contributed by atoms with Gasteiger partial charge in [-0.3, -0.25) is 4.79 Å². The van der Waals surface area contributed by atoms with Gasteiger partial charge < -0.3 is 15.7 Å². The van der Waals surface area contributed by atoms with Gasteiger partial charge in [0.25, 0.3) is 5.91 Å². The standard InChI is InChI=1S/C20H23N3O3/c1-12(18-8-13-5-6-14(18)7-13)22-11-16(10-21)19(24)23-17-4-2-3-15(9-17)20(25)26/h2-4,9,11-14,18,22H,5-8H2,1H3,(H,23,24)(H,25,26)/b16-11-. The summed E-state index contributed by atoms with van der Waals surface area (Å²) < 4.78 is 0. The highest BCUT2D eigenvalue weighted by molar-refractivity contribution is 6.06. The first-order chi connectivity index (χ1) is 12.5. The van der Waals surface area contributed by atoms with Crippen molar-refractivity contribution in [1.82, 2.24) is 5.32 Å². The number of fused-ring (bicyclic) bond motifs is 2. The lowest BCUT2D eigenvalue weighted by molar-refractivity contribution is -0.112. The molecule has 1 amide bonds. The summed E-state index contributed by atoms with van der Waals surface area (Å²) in [5.41, 5.74) is 0.395. The van der Waals surface area contributed by atoms with E-state index in [-0.39, 0.29) is 17.2 Å². The van der Waals surface area contributed by atoms with Crippen molar-refractivity contribution >= 4 is 17.6 Å². The first-order valence-electron chi connectivity index (χ1n) is 8.99. The number of carboxylic acid groups (broad SMARTS) is 1. The third-order valence-corrected chi connectivity index (χ3v) is 5.66. The van der Waals surface area contributed by atoms with Gasteiger partial charge in [-0.2, -0.15) is 5.26 Å². The number of nitrogens with one attached hydrogen (secondary N) is 2. The number of benzene rings is 1. The number of nitrogens with zero attached hydrogens (tertiary/aromatic N) is 1. The van der Waals surface area contributed by atoms with Gasteiger partial charge in [-0.1, -0.05) is 12.5 Å². The fourth-order valence-electron chi connectivity index (χ4n) is 4.32. The minimum absolute atomic E-state index is 0.0271. The maximum absolute atomic E-state index is 12.3. The van der Waals surface area contributed by atoms with Crippen LogP contribution >= 0.6 is 0 Å². The predicted octanol–water partition coefficient (Wildman–Crippen LogP) is 3.15. The van der Waals surface area contributed by atoms with E-state index in [1.54, 1.807) is 12.1 Å². The molecule has 0 aliphatic heterocycles. The molecule has 0 saturated heterocycles. The van der Waals surface area contributed by atoms with Crippen LogP contribution < -0.4 is 10.6 Å². The van der Waals surface area contributed by atoms with Crippen molar-refractivity contribution < 1.29 is 14.7 Å². The molecule has 6 heteroatoms. The quantitative estimate of drug-likeness (QED) is 0.538. The Labute approximate surface area is 152 Å². The van der Waals surface area contributed by atoms with Gasteiger partial charge in [0.1, 0.15) is 11.6 Å². The van der Waals surface area contributed by atoms with E-state index in [4.69, 9.17) is 5.11 Å². The number of carbonyl (C=O) groups excluding carboxylic acids is 1. The van der Waals surface area contributed by atoms with Gasteiger partial charge >= 0.3 is 5.97 Å². The highest BCUT2D eigenvalue weighted by Gasteiger charge is 2.41. The Morgan fingerprint density at radius 3 is 2.77 bits per heavy atom. The van der Waals surface area contributed by atoms with Gasteiger partial charge in [-0.15, -0.1) is 0 Å². The number of rotatable bonds is 6. The van der Waals surface area contributed by atoms with E-state index in [1.165, 1.54) is 44.0 Å². The molecule has 136 valence electrons. The molecule has 6 nitrogen and oxygen atoms in total. The van der Waals surface area contributed by atoms with Crippen molar-refractivity contribution in [3.05, 3.63) is 41.6 Å². The highest BCUT2D eigenvalue weighted by atomic mass is 16.4. The Morgan fingerprint density at radius 1 is 1.35 bits per heavy atom. The maximum Gasteiger partial charge on any atom is 0.335 e. The van der Waals surface area contributed by atoms with Crippen LogP contribution in [-0.4, -0.2) is 23.0 Å². The molecule has 2 fully saturated rings. The number of carboxylic acids is 1. The normalized spacial score (nSPS) is 25.4. The molecule has 26 heavy (non-hydrogen) atoms. The molecule has 0 heterocycles. The lowest BCUT2D eigenvalue weighted by Gasteiger charge is -2.28. The molecule has 2 saturated carbocycles. The molecular formula is C20H23N3O3. The molecule has 1 aromatic rings. The van der Waals surface area contributed by atoms with Crippen molar-refractivity contribution in [1.29, 1.82) is 5.26 Å². The number of hydrogen-bond acceptors (Lipinski definition) is 4. The number of anilines is 1. The second kappa shape index (κ2) is 7.61. The molecule has 0 spiro atoms. The molecule has 0 aromatic heterocycles. The van der Waals surface area contributed by atoms with Gasteiger partial charge in [-0.05, 0) is 62.1 Å². The average Bonchev–Trinajstić information content (AvgIpc) is 3.25. The van der Waals surface area contributed by atoms with E-state index in [2.05, 4.69) is 17.6 Å². The molecule has 2 aliphatic rings. The first-order valence-corrected chi connectivity index (χ1v) is 8.99. The average molecular weight is 353 g/mol. The van der Waals surface area contributed by atoms with Gasteiger partial charge in [0.2, 0.25) is 0 Å². The van der Waals surface area contributed by atoms with Gasteiger partial charge in [0.15, 0.2) is 0 Å². The number of carbonyl (C=O) groups is 2. The summed E-state index contributed by atoms with van der Waals surface area (Å²) in [5, 5.41) is 24.1. The number of hydrogen-bond donors (Lipinski definition) is 3. The van der Waals surface area contributed by atoms with Gasteiger partial charge in [0.05, 0.1) is 5.56 Å². The maximum atomic E-state index is 12.3. The van der Waals surface area contributed by atoms with Crippen LogP contribution in [0.25, 0.3) is 0 Å². The van der Waals surface area contributed by atoms with Gasteiger partial charge in [0, 0.05) is 17.9 Å². The second-order valence-corrected chi connectivity index (χ2v) is 7.30. The lowest BCUT2D eigenvalue weighted by Crippen LogP contribution is -2.34. The fourth-order valence-corrected chi connectivity index (χ4v) is 4.32. The summed E-state index contributed by atoms with van der Waals surface area (Å²) in [6.45, 7) is 2.10. The van der Waals surface area contributed by atoms with E-state index in [9.17, 15) is 14.9 Å². The summed E-state index contributed by atoms with van der Waals surface area (Å²) >= 11 is 0. The SMILES string of the molecule is CC(N/C=C(/C#N)C(=O)Nc1cccc(C(=O)O)c1)C1CC2CCC1C2. The number of amides is 1. The predicted molar refractivity (Wildman–Crippen MR) is 97.3 cm³/mol. The number of aromatic carboxylic acids is 1. The smallest absolute Gasteiger partial charge is 0.335 e. The van der Waals surface area contributed by atoms with Crippen molar-refractivity contribution in [2.45, 2.75) is 38.6 Å². The molecule has 3 rings (SSSR count). The largest absolute Gasteiger partial charge is 0.478 e. The monoisotopic (exact) mass is 353 g/mol. The Kier molecular flexibility index (Phi) is 5.27. The molecule has 2 bridgehead atoms.